The van der Waals surface area contributed by atoms with Crippen LogP contribution in [-0.4, -0.2) is 29.3 Å². The molecule has 0 aliphatic rings. The van der Waals surface area contributed by atoms with Crippen molar-refractivity contribution in [3.05, 3.63) is 53.1 Å². The van der Waals surface area contributed by atoms with Gasteiger partial charge in [0.25, 0.3) is 5.95 Å². The summed E-state index contributed by atoms with van der Waals surface area (Å²) < 4.78 is 3.64. The van der Waals surface area contributed by atoms with Gasteiger partial charge in [-0.05, 0) is 44.2 Å². The maximum atomic E-state index is 5.98. The number of benzene rings is 1. The molecule has 0 aliphatic carbocycles. The second kappa shape index (κ2) is 6.16. The molecule has 0 radical (unpaired) electrons. The zero-order valence-corrected chi connectivity index (χ0v) is 15.5. The first-order valence-corrected chi connectivity index (χ1v) is 8.87. The van der Waals surface area contributed by atoms with Crippen LogP contribution >= 0.6 is 23.4 Å². The van der Waals surface area contributed by atoms with Gasteiger partial charge in [0.15, 0.2) is 5.65 Å². The molecule has 1 aromatic carbocycles. The van der Waals surface area contributed by atoms with Crippen molar-refractivity contribution in [1.29, 1.82) is 0 Å². The third kappa shape index (κ3) is 3.01. The molecule has 4 aromatic rings. The van der Waals surface area contributed by atoms with Crippen LogP contribution in [-0.2, 0) is 7.05 Å². The van der Waals surface area contributed by atoms with E-state index in [1.807, 2.05) is 55.8 Å². The van der Waals surface area contributed by atoms with Gasteiger partial charge in [-0.2, -0.15) is 10.1 Å². The van der Waals surface area contributed by atoms with E-state index in [-0.39, 0.29) is 0 Å². The highest BCUT2D eigenvalue weighted by Gasteiger charge is 2.16. The summed E-state index contributed by atoms with van der Waals surface area (Å²) >= 11 is 7.51. The van der Waals surface area contributed by atoms with E-state index in [9.17, 15) is 0 Å². The number of aromatic nitrogens is 6. The molecule has 0 saturated heterocycles. The molecule has 0 aliphatic heterocycles. The first kappa shape index (κ1) is 16.1. The fourth-order valence-electron chi connectivity index (χ4n) is 2.58. The van der Waals surface area contributed by atoms with Crippen molar-refractivity contribution in [3.8, 4) is 5.95 Å². The smallest absolute Gasteiger partial charge is 0.253 e. The Hall–Kier alpha value is -2.38. The molecule has 3 heterocycles. The second-order valence-corrected chi connectivity index (χ2v) is 7.25. The standard InChI is InChI=1S/C17H15ClN6S/c1-10-8-11(2)24(22-10)17-20-15-14(19-9-23(15)3)16(21-17)25-13-6-4-12(18)5-7-13/h4-9H,1-3H3. The van der Waals surface area contributed by atoms with Gasteiger partial charge in [-0.15, -0.1) is 0 Å². The minimum Gasteiger partial charge on any atom is -0.318 e. The van der Waals surface area contributed by atoms with Gasteiger partial charge in [-0.1, -0.05) is 23.4 Å². The van der Waals surface area contributed by atoms with E-state index < -0.39 is 0 Å². The van der Waals surface area contributed by atoms with E-state index in [2.05, 4.69) is 15.1 Å². The second-order valence-electron chi connectivity index (χ2n) is 5.75. The number of rotatable bonds is 3. The van der Waals surface area contributed by atoms with Crippen LogP contribution in [0.4, 0.5) is 0 Å². The molecule has 4 rings (SSSR count). The Balaban J connectivity index is 1.87. The van der Waals surface area contributed by atoms with E-state index in [4.69, 9.17) is 16.6 Å². The molecular weight excluding hydrogens is 356 g/mol. The van der Waals surface area contributed by atoms with E-state index in [1.165, 1.54) is 11.8 Å². The van der Waals surface area contributed by atoms with Crippen LogP contribution in [0.3, 0.4) is 0 Å². The average Bonchev–Trinajstić information content (AvgIpc) is 3.12. The molecule has 0 unspecified atom stereocenters. The minimum atomic E-state index is 0.540. The number of imidazole rings is 1. The maximum absolute atomic E-state index is 5.98. The Labute approximate surface area is 153 Å². The maximum Gasteiger partial charge on any atom is 0.253 e. The third-order valence-electron chi connectivity index (χ3n) is 3.74. The molecule has 6 nitrogen and oxygen atoms in total. The number of nitrogens with zero attached hydrogens (tertiary/aromatic N) is 6. The largest absolute Gasteiger partial charge is 0.318 e. The predicted molar refractivity (Wildman–Crippen MR) is 98.5 cm³/mol. The van der Waals surface area contributed by atoms with Gasteiger partial charge in [0.1, 0.15) is 10.5 Å². The summed E-state index contributed by atoms with van der Waals surface area (Å²) in [4.78, 5) is 14.9. The number of hydrogen-bond acceptors (Lipinski definition) is 5. The first-order valence-electron chi connectivity index (χ1n) is 7.67. The van der Waals surface area contributed by atoms with Crippen molar-refractivity contribution >= 4 is 34.5 Å². The summed E-state index contributed by atoms with van der Waals surface area (Å²) in [6.07, 6.45) is 1.75. The molecule has 0 spiro atoms. The number of aryl methyl sites for hydroxylation is 3. The van der Waals surface area contributed by atoms with Crippen LogP contribution in [0.5, 0.6) is 0 Å². The van der Waals surface area contributed by atoms with Gasteiger partial charge in [0.05, 0.1) is 12.0 Å². The molecule has 0 fully saturated rings. The molecule has 126 valence electrons. The molecule has 0 N–H and O–H groups in total. The minimum absolute atomic E-state index is 0.540. The van der Waals surface area contributed by atoms with Crippen LogP contribution < -0.4 is 0 Å². The number of hydrogen-bond donors (Lipinski definition) is 0. The summed E-state index contributed by atoms with van der Waals surface area (Å²) in [6.45, 7) is 3.94. The fourth-order valence-corrected chi connectivity index (χ4v) is 3.57. The lowest BCUT2D eigenvalue weighted by atomic mass is 10.4. The first-order chi connectivity index (χ1) is 12.0. The van der Waals surface area contributed by atoms with Crippen LogP contribution in [0.2, 0.25) is 5.02 Å². The van der Waals surface area contributed by atoms with Crippen LogP contribution in [0.25, 0.3) is 17.1 Å². The van der Waals surface area contributed by atoms with Crippen LogP contribution in [0.15, 0.2) is 46.6 Å². The zero-order valence-electron chi connectivity index (χ0n) is 13.9. The van der Waals surface area contributed by atoms with Crippen molar-refractivity contribution in [1.82, 2.24) is 29.3 Å². The lowest BCUT2D eigenvalue weighted by molar-refractivity contribution is 0.762. The van der Waals surface area contributed by atoms with E-state index >= 15 is 0 Å². The SMILES string of the molecule is Cc1cc(C)n(-c2nc(Sc3ccc(Cl)cc3)c3ncn(C)c3n2)n1. The van der Waals surface area contributed by atoms with Gasteiger partial charge in [0.2, 0.25) is 0 Å². The highest BCUT2D eigenvalue weighted by molar-refractivity contribution is 7.99. The molecular formula is C17H15ClN6S. The summed E-state index contributed by atoms with van der Waals surface area (Å²) in [5.41, 5.74) is 3.46. The van der Waals surface area contributed by atoms with Crippen LogP contribution in [0.1, 0.15) is 11.4 Å². The predicted octanol–water partition coefficient (Wildman–Crippen LogP) is 3.97. The van der Waals surface area contributed by atoms with Gasteiger partial charge in [0, 0.05) is 22.7 Å². The van der Waals surface area contributed by atoms with E-state index in [0.717, 1.165) is 32.5 Å². The lowest BCUT2D eigenvalue weighted by Gasteiger charge is -2.07. The monoisotopic (exact) mass is 370 g/mol. The Kier molecular flexibility index (Phi) is 3.97. The van der Waals surface area contributed by atoms with Gasteiger partial charge in [-0.25, -0.2) is 14.6 Å². The van der Waals surface area contributed by atoms with Gasteiger partial charge in [-0.3, -0.25) is 0 Å². The molecule has 0 atom stereocenters. The molecule has 25 heavy (non-hydrogen) atoms. The molecule has 0 amide bonds. The van der Waals surface area contributed by atoms with E-state index in [0.29, 0.717) is 11.0 Å². The van der Waals surface area contributed by atoms with Crippen molar-refractivity contribution in [2.45, 2.75) is 23.8 Å². The quantitative estimate of drug-likeness (QED) is 0.510. The average molecular weight is 371 g/mol. The number of fused-ring (bicyclic) bond motifs is 1. The summed E-state index contributed by atoms with van der Waals surface area (Å²) in [6, 6.07) is 9.66. The Morgan fingerprint density at radius 2 is 1.84 bits per heavy atom. The normalized spacial score (nSPS) is 11.4. The highest BCUT2D eigenvalue weighted by atomic mass is 35.5. The van der Waals surface area contributed by atoms with Crippen molar-refractivity contribution in [2.24, 2.45) is 7.05 Å². The Morgan fingerprint density at radius 1 is 1.08 bits per heavy atom. The van der Waals surface area contributed by atoms with Crippen molar-refractivity contribution in [3.63, 3.8) is 0 Å². The zero-order chi connectivity index (χ0) is 17.6. The van der Waals surface area contributed by atoms with Crippen molar-refractivity contribution in [2.75, 3.05) is 0 Å². The molecule has 0 saturated carbocycles. The Bertz CT molecular complexity index is 1070. The lowest BCUT2D eigenvalue weighted by Crippen LogP contribution is -2.07. The molecule has 8 heteroatoms. The van der Waals surface area contributed by atoms with Gasteiger partial charge >= 0.3 is 0 Å². The molecule has 3 aromatic heterocycles. The number of halogens is 1. The van der Waals surface area contributed by atoms with Crippen molar-refractivity contribution < 1.29 is 0 Å². The summed E-state index contributed by atoms with van der Waals surface area (Å²) in [5.74, 6) is 0.540. The Morgan fingerprint density at radius 3 is 2.52 bits per heavy atom. The topological polar surface area (TPSA) is 61.4 Å². The third-order valence-corrected chi connectivity index (χ3v) is 4.98. The van der Waals surface area contributed by atoms with E-state index in [1.54, 1.807) is 11.0 Å². The highest BCUT2D eigenvalue weighted by Crippen LogP contribution is 2.32. The summed E-state index contributed by atoms with van der Waals surface area (Å²) in [5, 5.41) is 5.99. The molecule has 0 bridgehead atoms. The summed E-state index contributed by atoms with van der Waals surface area (Å²) in [7, 11) is 1.92. The van der Waals surface area contributed by atoms with Gasteiger partial charge < -0.3 is 4.57 Å². The fraction of sp³-hybridized carbons (Fsp3) is 0.176. The van der Waals surface area contributed by atoms with Crippen LogP contribution in [0, 0.1) is 13.8 Å².